The number of anilines is 2. The second-order valence-electron chi connectivity index (χ2n) is 7.77. The number of piperazine rings is 1. The summed E-state index contributed by atoms with van der Waals surface area (Å²) in [5.41, 5.74) is 5.61. The van der Waals surface area contributed by atoms with E-state index in [1.165, 1.54) is 16.8 Å². The number of rotatable bonds is 2. The monoisotopic (exact) mass is 390 g/mol. The number of aromatic amines is 1. The van der Waals surface area contributed by atoms with Crippen LogP contribution in [0.3, 0.4) is 0 Å². The number of carbonyl (C=O) groups excluding carboxylic acids is 1. The van der Waals surface area contributed by atoms with Crippen LogP contribution in [0.15, 0.2) is 47.4 Å². The Bertz CT molecular complexity index is 1130. The van der Waals surface area contributed by atoms with Crippen molar-refractivity contribution < 1.29 is 4.79 Å². The Hall–Kier alpha value is -3.28. The van der Waals surface area contributed by atoms with Gasteiger partial charge < -0.3 is 20.1 Å². The molecule has 0 bridgehead atoms. The van der Waals surface area contributed by atoms with E-state index < -0.39 is 0 Å². The van der Waals surface area contributed by atoms with Crippen LogP contribution in [0.5, 0.6) is 0 Å². The quantitative estimate of drug-likeness (QED) is 0.699. The molecule has 150 valence electrons. The molecule has 4 rings (SSSR count). The maximum atomic E-state index is 12.7. The predicted octanol–water partition coefficient (Wildman–Crippen LogP) is 3.81. The third-order valence-corrected chi connectivity index (χ3v) is 5.54. The van der Waals surface area contributed by atoms with E-state index in [-0.39, 0.29) is 17.1 Å². The van der Waals surface area contributed by atoms with E-state index in [0.29, 0.717) is 18.5 Å². The lowest BCUT2D eigenvalue weighted by Crippen LogP contribution is -2.50. The van der Waals surface area contributed by atoms with Gasteiger partial charge in [-0.3, -0.25) is 4.79 Å². The maximum Gasteiger partial charge on any atom is 0.322 e. The maximum absolute atomic E-state index is 12.7. The molecule has 2 aromatic carbocycles. The highest BCUT2D eigenvalue weighted by molar-refractivity contribution is 5.92. The first-order chi connectivity index (χ1) is 13.9. The standard InChI is InChI=1S/C23H26N4O2/c1-15-5-7-21(17(3)12-15)26-8-10-27(11-9-26)23(29)25-20-14-24-19-6-4-16(2)13-18(19)22(20)28/h4-7,12-14H,8-11H2,1-3H3,(H,24,28)(H,25,29). The van der Waals surface area contributed by atoms with Crippen molar-refractivity contribution >= 4 is 28.3 Å². The van der Waals surface area contributed by atoms with Gasteiger partial charge in [0.15, 0.2) is 0 Å². The van der Waals surface area contributed by atoms with Crippen molar-refractivity contribution in [3.05, 3.63) is 69.5 Å². The summed E-state index contributed by atoms with van der Waals surface area (Å²) in [6.07, 6.45) is 1.57. The molecular formula is C23H26N4O2. The van der Waals surface area contributed by atoms with Crippen LogP contribution in [0.1, 0.15) is 16.7 Å². The Labute approximate surface area is 170 Å². The van der Waals surface area contributed by atoms with Crippen molar-refractivity contribution in [3.63, 3.8) is 0 Å². The zero-order chi connectivity index (χ0) is 20.5. The van der Waals surface area contributed by atoms with Gasteiger partial charge in [-0.15, -0.1) is 0 Å². The number of amides is 2. The summed E-state index contributed by atoms with van der Waals surface area (Å²) < 4.78 is 0. The summed E-state index contributed by atoms with van der Waals surface area (Å²) in [7, 11) is 0. The highest BCUT2D eigenvalue weighted by Gasteiger charge is 2.23. The van der Waals surface area contributed by atoms with Crippen LogP contribution in [0.4, 0.5) is 16.2 Å². The van der Waals surface area contributed by atoms with Crippen LogP contribution in [0.25, 0.3) is 10.9 Å². The summed E-state index contributed by atoms with van der Waals surface area (Å²) in [5.74, 6) is 0. The van der Waals surface area contributed by atoms with E-state index >= 15 is 0 Å². The molecule has 1 aliphatic rings. The normalized spacial score (nSPS) is 14.3. The smallest absolute Gasteiger partial charge is 0.322 e. The van der Waals surface area contributed by atoms with Gasteiger partial charge in [0.05, 0.1) is 0 Å². The van der Waals surface area contributed by atoms with E-state index in [9.17, 15) is 9.59 Å². The Kier molecular flexibility index (Phi) is 5.01. The first-order valence-corrected chi connectivity index (χ1v) is 9.92. The predicted molar refractivity (Wildman–Crippen MR) is 118 cm³/mol. The molecule has 1 aliphatic heterocycles. The van der Waals surface area contributed by atoms with Crippen molar-refractivity contribution in [2.24, 2.45) is 0 Å². The van der Waals surface area contributed by atoms with Crippen molar-refractivity contribution in [2.75, 3.05) is 36.4 Å². The molecule has 0 spiro atoms. The average Bonchev–Trinajstić information content (AvgIpc) is 2.70. The first-order valence-electron chi connectivity index (χ1n) is 9.92. The van der Waals surface area contributed by atoms with E-state index in [1.807, 2.05) is 25.1 Å². The molecule has 1 saturated heterocycles. The van der Waals surface area contributed by atoms with Gasteiger partial charge in [0.1, 0.15) is 5.69 Å². The number of nitrogens with zero attached hydrogens (tertiary/aromatic N) is 2. The topological polar surface area (TPSA) is 68.4 Å². The van der Waals surface area contributed by atoms with Crippen LogP contribution in [0.2, 0.25) is 0 Å². The molecule has 6 nitrogen and oxygen atoms in total. The first kappa shape index (κ1) is 19.1. The molecule has 2 heterocycles. The summed E-state index contributed by atoms with van der Waals surface area (Å²) in [4.78, 5) is 32.6. The zero-order valence-corrected chi connectivity index (χ0v) is 17.1. The molecule has 6 heteroatoms. The molecule has 0 saturated carbocycles. The van der Waals surface area contributed by atoms with Gasteiger partial charge in [-0.1, -0.05) is 29.3 Å². The molecule has 29 heavy (non-hydrogen) atoms. The van der Waals surface area contributed by atoms with E-state index in [2.05, 4.69) is 47.2 Å². The van der Waals surface area contributed by atoms with Crippen LogP contribution < -0.4 is 15.6 Å². The van der Waals surface area contributed by atoms with Crippen LogP contribution in [0, 0.1) is 20.8 Å². The second kappa shape index (κ2) is 7.62. The molecule has 0 aliphatic carbocycles. The van der Waals surface area contributed by atoms with Gasteiger partial charge >= 0.3 is 6.03 Å². The van der Waals surface area contributed by atoms with Crippen molar-refractivity contribution in [1.82, 2.24) is 9.88 Å². The van der Waals surface area contributed by atoms with E-state index in [0.717, 1.165) is 24.2 Å². The number of hydrogen-bond acceptors (Lipinski definition) is 3. The number of benzene rings is 2. The Morgan fingerprint density at radius 3 is 2.38 bits per heavy atom. The summed E-state index contributed by atoms with van der Waals surface area (Å²) >= 11 is 0. The third kappa shape index (κ3) is 3.83. The number of hydrogen-bond donors (Lipinski definition) is 2. The minimum atomic E-state index is -0.234. The van der Waals surface area contributed by atoms with Crippen LogP contribution >= 0.6 is 0 Å². The highest BCUT2D eigenvalue weighted by Crippen LogP contribution is 2.22. The number of urea groups is 1. The van der Waals surface area contributed by atoms with Crippen molar-refractivity contribution in [3.8, 4) is 0 Å². The number of carbonyl (C=O) groups is 1. The zero-order valence-electron chi connectivity index (χ0n) is 17.1. The number of H-pyrrole nitrogens is 1. The summed E-state index contributed by atoms with van der Waals surface area (Å²) in [6.45, 7) is 8.92. The van der Waals surface area contributed by atoms with Gasteiger partial charge in [0.25, 0.3) is 0 Å². The lowest BCUT2D eigenvalue weighted by atomic mass is 10.1. The second-order valence-corrected chi connectivity index (χ2v) is 7.77. The lowest BCUT2D eigenvalue weighted by molar-refractivity contribution is 0.208. The molecule has 2 N–H and O–H groups in total. The fraction of sp³-hybridized carbons (Fsp3) is 0.304. The largest absolute Gasteiger partial charge is 0.368 e. The Morgan fingerprint density at radius 2 is 1.66 bits per heavy atom. The fourth-order valence-corrected chi connectivity index (χ4v) is 3.93. The third-order valence-electron chi connectivity index (χ3n) is 5.54. The number of nitrogens with one attached hydrogen (secondary N) is 2. The number of aromatic nitrogens is 1. The molecule has 0 unspecified atom stereocenters. The molecule has 3 aromatic rings. The van der Waals surface area contributed by atoms with Crippen LogP contribution in [-0.2, 0) is 0 Å². The lowest BCUT2D eigenvalue weighted by Gasteiger charge is -2.36. The minimum absolute atomic E-state index is 0.162. The van der Waals surface area contributed by atoms with E-state index in [4.69, 9.17) is 0 Å². The van der Waals surface area contributed by atoms with Gasteiger partial charge in [0, 0.05) is 49.0 Å². The van der Waals surface area contributed by atoms with Gasteiger partial charge in [-0.05, 0) is 44.5 Å². The Balaban J connectivity index is 1.44. The average molecular weight is 390 g/mol. The molecule has 0 radical (unpaired) electrons. The summed E-state index contributed by atoms with van der Waals surface area (Å²) in [5, 5.41) is 3.38. The molecule has 1 aromatic heterocycles. The highest BCUT2D eigenvalue weighted by atomic mass is 16.2. The molecular weight excluding hydrogens is 364 g/mol. The van der Waals surface area contributed by atoms with Crippen molar-refractivity contribution in [2.45, 2.75) is 20.8 Å². The summed E-state index contributed by atoms with van der Waals surface area (Å²) in [6, 6.07) is 11.9. The van der Waals surface area contributed by atoms with Crippen LogP contribution in [-0.4, -0.2) is 42.1 Å². The van der Waals surface area contributed by atoms with Gasteiger partial charge in [0.2, 0.25) is 5.43 Å². The Morgan fingerprint density at radius 1 is 0.966 bits per heavy atom. The minimum Gasteiger partial charge on any atom is -0.368 e. The number of fused-ring (bicyclic) bond motifs is 1. The number of aryl methyl sites for hydroxylation is 3. The molecule has 0 atom stereocenters. The molecule has 1 fully saturated rings. The van der Waals surface area contributed by atoms with E-state index in [1.54, 1.807) is 11.1 Å². The molecule has 2 amide bonds. The fourth-order valence-electron chi connectivity index (χ4n) is 3.93. The van der Waals surface area contributed by atoms with Gasteiger partial charge in [-0.2, -0.15) is 0 Å². The number of pyridine rings is 1. The SMILES string of the molecule is Cc1ccc(N2CCN(C(=O)Nc3c[nH]c4ccc(C)cc4c3=O)CC2)c(C)c1. The van der Waals surface area contributed by atoms with Gasteiger partial charge in [-0.25, -0.2) is 4.79 Å². The van der Waals surface area contributed by atoms with Crippen molar-refractivity contribution in [1.29, 1.82) is 0 Å².